The lowest BCUT2D eigenvalue weighted by Gasteiger charge is -2.21. The largest absolute Gasteiger partial charge is 0.355 e. The quantitative estimate of drug-likeness (QED) is 0.769. The molecule has 0 radical (unpaired) electrons. The van der Waals surface area contributed by atoms with Gasteiger partial charge < -0.3 is 15.2 Å². The molecule has 1 saturated heterocycles. The highest BCUT2D eigenvalue weighted by Gasteiger charge is 2.14. The van der Waals surface area contributed by atoms with Gasteiger partial charge in [0.05, 0.1) is 5.75 Å². The van der Waals surface area contributed by atoms with Gasteiger partial charge in [0.25, 0.3) is 0 Å². The Balaban J connectivity index is 1.54. The van der Waals surface area contributed by atoms with Crippen molar-refractivity contribution in [3.8, 4) is 0 Å². The Morgan fingerprint density at radius 3 is 3.11 bits per heavy atom. The third-order valence-corrected chi connectivity index (χ3v) is 4.18. The van der Waals surface area contributed by atoms with Gasteiger partial charge in [-0.3, -0.25) is 4.79 Å². The fourth-order valence-corrected chi connectivity index (χ4v) is 2.88. The number of carbonyl (C=O) groups excluding carboxylic acids is 1. The van der Waals surface area contributed by atoms with Gasteiger partial charge in [-0.15, -0.1) is 11.8 Å². The van der Waals surface area contributed by atoms with Gasteiger partial charge in [-0.2, -0.15) is 4.98 Å². The van der Waals surface area contributed by atoms with Crippen LogP contribution in [0, 0.1) is 0 Å². The van der Waals surface area contributed by atoms with Crippen molar-refractivity contribution in [3.63, 3.8) is 0 Å². The first kappa shape index (κ1) is 13.4. The molecule has 1 fully saturated rings. The minimum atomic E-state index is 0.0815. The number of hydrogen-bond acceptors (Lipinski definition) is 6. The smallest absolute Gasteiger partial charge is 0.230 e. The first-order valence-corrected chi connectivity index (χ1v) is 7.24. The van der Waals surface area contributed by atoms with E-state index in [4.69, 9.17) is 4.52 Å². The van der Waals surface area contributed by atoms with Crippen molar-refractivity contribution in [3.05, 3.63) is 12.2 Å². The molecule has 2 rings (SSSR count). The molecular weight excluding hydrogens is 252 g/mol. The molecule has 1 aliphatic heterocycles. The number of piperidine rings is 1. The molecule has 1 amide bonds. The summed E-state index contributed by atoms with van der Waals surface area (Å²) in [7, 11) is 0. The number of amides is 1. The van der Waals surface area contributed by atoms with Gasteiger partial charge in [-0.25, -0.2) is 0 Å². The second-order valence-corrected chi connectivity index (χ2v) is 5.48. The lowest BCUT2D eigenvalue weighted by molar-refractivity contribution is -0.118. The molecule has 0 bridgehead atoms. The highest BCUT2D eigenvalue weighted by Crippen LogP contribution is 2.19. The third kappa shape index (κ3) is 4.66. The van der Waals surface area contributed by atoms with Crippen LogP contribution in [0.4, 0.5) is 0 Å². The summed E-state index contributed by atoms with van der Waals surface area (Å²) in [6.45, 7) is 2.68. The maximum atomic E-state index is 11.6. The zero-order valence-corrected chi connectivity index (χ0v) is 11.0. The van der Waals surface area contributed by atoms with E-state index in [-0.39, 0.29) is 5.91 Å². The fourth-order valence-electron chi connectivity index (χ4n) is 1.82. The Kier molecular flexibility index (Phi) is 5.47. The van der Waals surface area contributed by atoms with Crippen molar-refractivity contribution in [2.45, 2.75) is 24.5 Å². The predicted molar refractivity (Wildman–Crippen MR) is 69.4 cm³/mol. The highest BCUT2D eigenvalue weighted by atomic mass is 32.2. The van der Waals surface area contributed by atoms with Gasteiger partial charge in [0.15, 0.2) is 6.33 Å². The minimum absolute atomic E-state index is 0.0815. The van der Waals surface area contributed by atoms with E-state index >= 15 is 0 Å². The van der Waals surface area contributed by atoms with E-state index in [9.17, 15) is 4.79 Å². The van der Waals surface area contributed by atoms with Gasteiger partial charge in [-0.05, 0) is 25.9 Å². The van der Waals surface area contributed by atoms with E-state index in [0.717, 1.165) is 25.9 Å². The molecule has 0 spiro atoms. The molecule has 100 valence electrons. The van der Waals surface area contributed by atoms with Crippen LogP contribution in [-0.4, -0.2) is 46.7 Å². The summed E-state index contributed by atoms with van der Waals surface area (Å²) < 4.78 is 4.85. The minimum Gasteiger partial charge on any atom is -0.355 e. The molecule has 18 heavy (non-hydrogen) atoms. The van der Waals surface area contributed by atoms with Crippen LogP contribution >= 0.6 is 11.8 Å². The molecule has 2 heterocycles. The van der Waals surface area contributed by atoms with Crippen molar-refractivity contribution in [2.75, 3.05) is 25.4 Å². The zero-order chi connectivity index (χ0) is 12.6. The molecule has 1 aromatic heterocycles. The van der Waals surface area contributed by atoms with Crippen LogP contribution in [0.25, 0.3) is 0 Å². The van der Waals surface area contributed by atoms with E-state index in [1.165, 1.54) is 6.33 Å². The molecule has 1 aliphatic rings. The van der Waals surface area contributed by atoms with Gasteiger partial charge >= 0.3 is 0 Å². The topological polar surface area (TPSA) is 80.0 Å². The fraction of sp³-hybridized carbons (Fsp3) is 0.727. The van der Waals surface area contributed by atoms with E-state index in [2.05, 4.69) is 20.8 Å². The number of aromatic nitrogens is 2. The molecule has 2 N–H and O–H groups in total. The maximum Gasteiger partial charge on any atom is 0.230 e. The van der Waals surface area contributed by atoms with Crippen molar-refractivity contribution in [1.29, 1.82) is 0 Å². The molecule has 0 unspecified atom stereocenters. The Morgan fingerprint density at radius 1 is 1.56 bits per heavy atom. The zero-order valence-electron chi connectivity index (χ0n) is 10.2. The number of rotatable bonds is 6. The molecule has 0 atom stereocenters. The summed E-state index contributed by atoms with van der Waals surface area (Å²) in [5, 5.41) is 10.3. The van der Waals surface area contributed by atoms with Crippen molar-refractivity contribution >= 4 is 17.7 Å². The first-order valence-electron chi connectivity index (χ1n) is 6.19. The number of carbonyl (C=O) groups is 1. The second kappa shape index (κ2) is 7.38. The average molecular weight is 270 g/mol. The summed E-state index contributed by atoms with van der Waals surface area (Å²) in [4.78, 5) is 15.5. The lowest BCUT2D eigenvalue weighted by atomic mass is 10.2. The third-order valence-electron chi connectivity index (χ3n) is 2.80. The van der Waals surface area contributed by atoms with Gasteiger partial charge in [0.2, 0.25) is 11.8 Å². The summed E-state index contributed by atoms with van der Waals surface area (Å²) in [6, 6.07) is 0. The average Bonchev–Trinajstić information content (AvgIpc) is 2.91. The van der Waals surface area contributed by atoms with Crippen LogP contribution in [-0.2, 0) is 11.2 Å². The molecule has 7 heteroatoms. The van der Waals surface area contributed by atoms with E-state index < -0.39 is 0 Å². The second-order valence-electron chi connectivity index (χ2n) is 4.20. The van der Waals surface area contributed by atoms with Crippen molar-refractivity contribution in [2.24, 2.45) is 0 Å². The van der Waals surface area contributed by atoms with E-state index in [1.54, 1.807) is 11.8 Å². The van der Waals surface area contributed by atoms with E-state index in [1.807, 2.05) is 0 Å². The van der Waals surface area contributed by atoms with Crippen LogP contribution in [0.3, 0.4) is 0 Å². The number of thioether (sulfide) groups is 1. The Labute approximate surface area is 110 Å². The maximum absolute atomic E-state index is 11.6. The Morgan fingerprint density at radius 2 is 2.39 bits per heavy atom. The summed E-state index contributed by atoms with van der Waals surface area (Å²) in [5.74, 6) is 1.17. The molecule has 0 aliphatic carbocycles. The van der Waals surface area contributed by atoms with E-state index in [0.29, 0.717) is 29.9 Å². The van der Waals surface area contributed by atoms with Gasteiger partial charge in [0, 0.05) is 18.2 Å². The summed E-state index contributed by atoms with van der Waals surface area (Å²) in [6.07, 6.45) is 4.26. The summed E-state index contributed by atoms with van der Waals surface area (Å²) >= 11 is 1.75. The SMILES string of the molecule is O=C(CSC1CCNCC1)NCCc1ncno1. The molecule has 1 aromatic rings. The van der Waals surface area contributed by atoms with Crippen LogP contribution in [0.1, 0.15) is 18.7 Å². The number of nitrogens with zero attached hydrogens (tertiary/aromatic N) is 2. The normalized spacial score (nSPS) is 16.7. The van der Waals surface area contributed by atoms with Gasteiger partial charge in [0.1, 0.15) is 0 Å². The van der Waals surface area contributed by atoms with Crippen LogP contribution in [0.15, 0.2) is 10.9 Å². The molecule has 6 nitrogen and oxygen atoms in total. The lowest BCUT2D eigenvalue weighted by Crippen LogP contribution is -2.32. The molecular formula is C11H18N4O2S. The van der Waals surface area contributed by atoms with Crippen molar-refractivity contribution < 1.29 is 9.32 Å². The predicted octanol–water partition coefficient (Wildman–Crippen LogP) is 0.214. The standard InChI is InChI=1S/C11H18N4O2S/c16-10(7-18-9-1-4-12-5-2-9)13-6-3-11-14-8-15-17-11/h8-9,12H,1-7H2,(H,13,16). The monoisotopic (exact) mass is 270 g/mol. The number of hydrogen-bond donors (Lipinski definition) is 2. The Bertz CT molecular complexity index is 352. The van der Waals surface area contributed by atoms with Crippen LogP contribution in [0.5, 0.6) is 0 Å². The van der Waals surface area contributed by atoms with Crippen molar-refractivity contribution in [1.82, 2.24) is 20.8 Å². The highest BCUT2D eigenvalue weighted by molar-refractivity contribution is 8.00. The van der Waals surface area contributed by atoms with Gasteiger partial charge in [-0.1, -0.05) is 5.16 Å². The molecule has 0 saturated carbocycles. The Hall–Kier alpha value is -1.08. The van der Waals surface area contributed by atoms with Crippen LogP contribution in [0.2, 0.25) is 0 Å². The first-order chi connectivity index (χ1) is 8.84. The number of nitrogens with one attached hydrogen (secondary N) is 2. The molecule has 0 aromatic carbocycles. The van der Waals surface area contributed by atoms with Crippen LogP contribution < -0.4 is 10.6 Å². The summed E-state index contributed by atoms with van der Waals surface area (Å²) in [5.41, 5.74) is 0.